The van der Waals surface area contributed by atoms with E-state index in [1.165, 1.54) is 13.8 Å². The van der Waals surface area contributed by atoms with Crippen LogP contribution in [0.15, 0.2) is 36.4 Å². The Kier molecular flexibility index (Phi) is 3.80. The molecule has 21 heavy (non-hydrogen) atoms. The van der Waals surface area contributed by atoms with E-state index in [9.17, 15) is 13.2 Å². The van der Waals surface area contributed by atoms with Gasteiger partial charge in [0.05, 0.1) is 7.11 Å². The highest BCUT2D eigenvalue weighted by Gasteiger charge is 2.38. The molecule has 0 aliphatic rings. The van der Waals surface area contributed by atoms with Gasteiger partial charge in [0, 0.05) is 11.8 Å². The summed E-state index contributed by atoms with van der Waals surface area (Å²) in [5, 5.41) is 1.80. The van der Waals surface area contributed by atoms with E-state index in [1.54, 1.807) is 31.4 Å². The number of carbonyl (C=O) groups excluding carboxylic acids is 1. The van der Waals surface area contributed by atoms with Crippen LogP contribution in [0.5, 0.6) is 5.75 Å². The molecule has 0 aliphatic carbocycles. The van der Waals surface area contributed by atoms with Gasteiger partial charge in [-0.15, -0.1) is 0 Å². The van der Waals surface area contributed by atoms with Crippen LogP contribution in [0.4, 0.5) is 0 Å². The van der Waals surface area contributed by atoms with Gasteiger partial charge < -0.3 is 4.74 Å². The smallest absolute Gasteiger partial charge is 0.183 e. The van der Waals surface area contributed by atoms with E-state index in [2.05, 4.69) is 0 Å². The van der Waals surface area contributed by atoms with Gasteiger partial charge in [0.15, 0.2) is 15.6 Å². The molecule has 5 heteroatoms. The van der Waals surface area contributed by atoms with Crippen LogP contribution in [0.2, 0.25) is 0 Å². The van der Waals surface area contributed by atoms with Gasteiger partial charge in [0.2, 0.25) is 0 Å². The number of carbonyl (C=O) groups is 1. The number of methoxy groups -OCH3 is 1. The third kappa shape index (κ3) is 2.78. The molecule has 0 saturated carbocycles. The van der Waals surface area contributed by atoms with Crippen molar-refractivity contribution in [1.82, 2.24) is 0 Å². The fourth-order valence-corrected chi connectivity index (χ4v) is 2.46. The van der Waals surface area contributed by atoms with Crippen molar-refractivity contribution in [1.29, 1.82) is 0 Å². The number of hydrogen-bond acceptors (Lipinski definition) is 4. The lowest BCUT2D eigenvalue weighted by molar-refractivity contribution is 0.0954. The fourth-order valence-electron chi connectivity index (χ4n) is 2.01. The molecule has 112 valence electrons. The van der Waals surface area contributed by atoms with Crippen LogP contribution in [0, 0.1) is 0 Å². The summed E-state index contributed by atoms with van der Waals surface area (Å²) in [6.45, 7) is 2.87. The lowest BCUT2D eigenvalue weighted by Gasteiger charge is -2.21. The highest BCUT2D eigenvalue weighted by Crippen LogP contribution is 2.26. The average Bonchev–Trinajstić information content (AvgIpc) is 2.44. The minimum atomic E-state index is -3.48. The van der Waals surface area contributed by atoms with Crippen LogP contribution in [0.25, 0.3) is 10.8 Å². The summed E-state index contributed by atoms with van der Waals surface area (Å²) >= 11 is 0. The maximum absolute atomic E-state index is 12.5. The molecule has 0 spiro atoms. The van der Waals surface area contributed by atoms with Crippen molar-refractivity contribution in [2.75, 3.05) is 13.4 Å². The third-order valence-electron chi connectivity index (χ3n) is 3.78. The van der Waals surface area contributed by atoms with Gasteiger partial charge in [-0.2, -0.15) is 0 Å². The number of rotatable bonds is 4. The molecule has 0 bridgehead atoms. The molecular weight excluding hydrogens is 288 g/mol. The number of ether oxygens (including phenoxy) is 1. The standard InChI is InChI=1S/C16H18O4S/c1-16(2,21(4,18)19)15(17)13-6-5-12-10-14(20-3)8-7-11(12)9-13/h5-10H,1-4H3. The monoisotopic (exact) mass is 306 g/mol. The average molecular weight is 306 g/mol. The molecule has 2 rings (SSSR count). The van der Waals surface area contributed by atoms with Gasteiger partial charge in [0.25, 0.3) is 0 Å². The summed E-state index contributed by atoms with van der Waals surface area (Å²) in [5.41, 5.74) is 0.392. The van der Waals surface area contributed by atoms with Gasteiger partial charge in [-0.05, 0) is 42.8 Å². The van der Waals surface area contributed by atoms with Crippen molar-refractivity contribution in [2.45, 2.75) is 18.6 Å². The SMILES string of the molecule is COc1ccc2cc(C(=O)C(C)(C)S(C)(=O)=O)ccc2c1. The first-order valence-electron chi connectivity index (χ1n) is 6.49. The van der Waals surface area contributed by atoms with Gasteiger partial charge in [0.1, 0.15) is 10.5 Å². The van der Waals surface area contributed by atoms with E-state index in [0.717, 1.165) is 22.8 Å². The van der Waals surface area contributed by atoms with E-state index in [1.807, 2.05) is 12.1 Å². The van der Waals surface area contributed by atoms with Gasteiger partial charge in [-0.3, -0.25) is 4.79 Å². The minimum absolute atomic E-state index is 0.392. The lowest BCUT2D eigenvalue weighted by atomic mass is 9.97. The zero-order valence-electron chi connectivity index (χ0n) is 12.5. The second kappa shape index (κ2) is 5.15. The van der Waals surface area contributed by atoms with Crippen LogP contribution in [-0.2, 0) is 9.84 Å². The van der Waals surface area contributed by atoms with Crippen molar-refractivity contribution in [3.63, 3.8) is 0 Å². The van der Waals surface area contributed by atoms with Crippen molar-refractivity contribution >= 4 is 26.4 Å². The Morgan fingerprint density at radius 1 is 1.05 bits per heavy atom. The highest BCUT2D eigenvalue weighted by molar-refractivity contribution is 7.92. The maximum atomic E-state index is 12.5. The molecule has 0 aliphatic heterocycles. The lowest BCUT2D eigenvalue weighted by Crippen LogP contribution is -2.39. The van der Waals surface area contributed by atoms with Crippen molar-refractivity contribution in [3.05, 3.63) is 42.0 Å². The topological polar surface area (TPSA) is 60.4 Å². The molecule has 0 aromatic heterocycles. The molecule has 0 fully saturated rings. The fraction of sp³-hybridized carbons (Fsp3) is 0.312. The van der Waals surface area contributed by atoms with Gasteiger partial charge in [-0.25, -0.2) is 8.42 Å². The zero-order valence-corrected chi connectivity index (χ0v) is 13.3. The Labute approximate surface area is 124 Å². The molecule has 2 aromatic rings. The molecule has 0 unspecified atom stereocenters. The molecule has 0 atom stereocenters. The second-order valence-corrected chi connectivity index (χ2v) is 8.10. The van der Waals surface area contributed by atoms with Crippen molar-refractivity contribution in [3.8, 4) is 5.75 Å². The van der Waals surface area contributed by atoms with Crippen molar-refractivity contribution < 1.29 is 17.9 Å². The molecule has 0 saturated heterocycles. The number of hydrogen-bond donors (Lipinski definition) is 0. The third-order valence-corrected chi connectivity index (χ3v) is 5.82. The van der Waals surface area contributed by atoms with Crippen LogP contribution in [0.3, 0.4) is 0 Å². The van der Waals surface area contributed by atoms with E-state index in [4.69, 9.17) is 4.74 Å². The molecule has 0 heterocycles. The van der Waals surface area contributed by atoms with Gasteiger partial charge >= 0.3 is 0 Å². The molecule has 0 amide bonds. The van der Waals surface area contributed by atoms with E-state index in [-0.39, 0.29) is 0 Å². The van der Waals surface area contributed by atoms with Crippen LogP contribution >= 0.6 is 0 Å². The Morgan fingerprint density at radius 2 is 1.62 bits per heavy atom. The van der Waals surface area contributed by atoms with Gasteiger partial charge in [-0.1, -0.05) is 18.2 Å². The first-order valence-corrected chi connectivity index (χ1v) is 8.38. The Bertz CT molecular complexity index is 804. The maximum Gasteiger partial charge on any atom is 0.183 e. The Morgan fingerprint density at radius 3 is 2.19 bits per heavy atom. The van der Waals surface area contributed by atoms with E-state index >= 15 is 0 Å². The first kappa shape index (κ1) is 15.5. The summed E-state index contributed by atoms with van der Waals surface area (Å²) in [5.74, 6) is 0.334. The normalized spacial score (nSPS) is 12.4. The molecular formula is C16H18O4S. The Hall–Kier alpha value is -1.88. The minimum Gasteiger partial charge on any atom is -0.497 e. The second-order valence-electron chi connectivity index (χ2n) is 5.54. The zero-order chi connectivity index (χ0) is 15.8. The molecule has 0 N–H and O–H groups in total. The number of benzene rings is 2. The Balaban J connectivity index is 2.51. The van der Waals surface area contributed by atoms with Crippen LogP contribution in [-0.4, -0.2) is 32.3 Å². The summed E-state index contributed by atoms with van der Waals surface area (Å²) in [4.78, 5) is 12.5. The van der Waals surface area contributed by atoms with Crippen LogP contribution < -0.4 is 4.74 Å². The number of ketones is 1. The molecule has 2 aromatic carbocycles. The molecule has 0 radical (unpaired) electrons. The van der Waals surface area contributed by atoms with Crippen LogP contribution in [0.1, 0.15) is 24.2 Å². The van der Waals surface area contributed by atoms with E-state index in [0.29, 0.717) is 5.56 Å². The molecule has 4 nitrogen and oxygen atoms in total. The summed E-state index contributed by atoms with van der Waals surface area (Å²) in [7, 11) is -1.89. The quantitative estimate of drug-likeness (QED) is 0.815. The van der Waals surface area contributed by atoms with E-state index < -0.39 is 20.4 Å². The predicted molar refractivity (Wildman–Crippen MR) is 83.8 cm³/mol. The highest BCUT2D eigenvalue weighted by atomic mass is 32.2. The summed E-state index contributed by atoms with van der Waals surface area (Å²) in [6.07, 6.45) is 1.08. The number of sulfone groups is 1. The number of Topliss-reactive ketones (excluding diaryl/α,β-unsaturated/α-hetero) is 1. The number of fused-ring (bicyclic) bond motifs is 1. The summed E-state index contributed by atoms with van der Waals surface area (Å²) < 4.78 is 27.3. The predicted octanol–water partition coefficient (Wildman–Crippen LogP) is 2.85. The summed E-state index contributed by atoms with van der Waals surface area (Å²) in [6, 6.07) is 10.7. The van der Waals surface area contributed by atoms with Crippen molar-refractivity contribution in [2.24, 2.45) is 0 Å². The first-order chi connectivity index (χ1) is 9.66. The largest absolute Gasteiger partial charge is 0.497 e.